The van der Waals surface area contributed by atoms with E-state index in [0.717, 1.165) is 17.4 Å². The van der Waals surface area contributed by atoms with E-state index < -0.39 is 0 Å². The Labute approximate surface area is 117 Å². The van der Waals surface area contributed by atoms with Crippen LogP contribution >= 0.6 is 0 Å². The predicted octanol–water partition coefficient (Wildman–Crippen LogP) is 2.85. The Morgan fingerprint density at radius 3 is 2.80 bits per heavy atom. The van der Waals surface area contributed by atoms with Crippen LogP contribution < -0.4 is 5.32 Å². The number of amides is 1. The van der Waals surface area contributed by atoms with Crippen molar-refractivity contribution < 1.29 is 9.59 Å². The normalized spacial score (nSPS) is 10.4. The van der Waals surface area contributed by atoms with Gasteiger partial charge in [-0.15, -0.1) is 0 Å². The molecule has 100 valence electrons. The number of hydrogen-bond donors (Lipinski definition) is 1. The van der Waals surface area contributed by atoms with Crippen molar-refractivity contribution in [3.05, 3.63) is 65.5 Å². The number of rotatable bonds is 4. The standard InChI is InChI=1S/C16H14N2O2/c1-12-4-5-14(11-19)9-15(12)18-16(20)7-6-13-3-2-8-17-10-13/h2-11H,1H3,(H,18,20). The number of aldehydes is 1. The van der Waals surface area contributed by atoms with Crippen LogP contribution in [-0.2, 0) is 4.79 Å². The molecule has 0 saturated heterocycles. The minimum absolute atomic E-state index is 0.250. The first-order valence-corrected chi connectivity index (χ1v) is 6.14. The Morgan fingerprint density at radius 2 is 2.10 bits per heavy atom. The first-order valence-electron chi connectivity index (χ1n) is 6.14. The second-order valence-corrected chi connectivity index (χ2v) is 4.30. The third-order valence-electron chi connectivity index (χ3n) is 2.77. The van der Waals surface area contributed by atoms with E-state index in [9.17, 15) is 9.59 Å². The number of carbonyl (C=O) groups excluding carboxylic acids is 2. The lowest BCUT2D eigenvalue weighted by Gasteiger charge is -2.06. The number of aryl methyl sites for hydroxylation is 1. The Kier molecular flexibility index (Phi) is 4.39. The number of nitrogens with one attached hydrogen (secondary N) is 1. The summed E-state index contributed by atoms with van der Waals surface area (Å²) in [6.45, 7) is 1.87. The third-order valence-corrected chi connectivity index (χ3v) is 2.77. The van der Waals surface area contributed by atoms with Crippen molar-refractivity contribution in [2.45, 2.75) is 6.92 Å². The molecule has 1 aromatic carbocycles. The average Bonchev–Trinajstić information content (AvgIpc) is 2.48. The van der Waals surface area contributed by atoms with Crippen LogP contribution in [0.2, 0.25) is 0 Å². The zero-order valence-electron chi connectivity index (χ0n) is 11.0. The maximum Gasteiger partial charge on any atom is 0.248 e. The smallest absolute Gasteiger partial charge is 0.248 e. The summed E-state index contributed by atoms with van der Waals surface area (Å²) < 4.78 is 0. The van der Waals surface area contributed by atoms with Crippen molar-refractivity contribution in [2.24, 2.45) is 0 Å². The summed E-state index contributed by atoms with van der Waals surface area (Å²) in [7, 11) is 0. The second kappa shape index (κ2) is 6.43. The topological polar surface area (TPSA) is 59.1 Å². The first-order chi connectivity index (χ1) is 9.69. The number of anilines is 1. The van der Waals surface area contributed by atoms with Crippen LogP contribution in [0.5, 0.6) is 0 Å². The van der Waals surface area contributed by atoms with Gasteiger partial charge >= 0.3 is 0 Å². The molecule has 0 spiro atoms. The monoisotopic (exact) mass is 266 g/mol. The van der Waals surface area contributed by atoms with E-state index >= 15 is 0 Å². The molecule has 0 radical (unpaired) electrons. The molecule has 2 aromatic rings. The van der Waals surface area contributed by atoms with E-state index in [1.54, 1.807) is 42.7 Å². The Morgan fingerprint density at radius 1 is 1.25 bits per heavy atom. The van der Waals surface area contributed by atoms with Gasteiger partial charge in [0.15, 0.2) is 0 Å². The zero-order valence-corrected chi connectivity index (χ0v) is 11.0. The fraction of sp³-hybridized carbons (Fsp3) is 0.0625. The fourth-order valence-corrected chi connectivity index (χ4v) is 1.67. The van der Waals surface area contributed by atoms with Gasteiger partial charge in [-0.25, -0.2) is 0 Å². The highest BCUT2D eigenvalue weighted by atomic mass is 16.1. The van der Waals surface area contributed by atoms with Crippen LogP contribution in [0.1, 0.15) is 21.5 Å². The van der Waals surface area contributed by atoms with Gasteiger partial charge in [-0.3, -0.25) is 14.6 Å². The highest BCUT2D eigenvalue weighted by Crippen LogP contribution is 2.16. The number of benzene rings is 1. The molecule has 20 heavy (non-hydrogen) atoms. The minimum atomic E-state index is -0.250. The number of nitrogens with zero attached hydrogens (tertiary/aromatic N) is 1. The molecule has 2 rings (SSSR count). The Balaban J connectivity index is 2.08. The molecule has 0 aliphatic rings. The van der Waals surface area contributed by atoms with E-state index in [2.05, 4.69) is 10.3 Å². The van der Waals surface area contributed by atoms with Crippen molar-refractivity contribution in [3.63, 3.8) is 0 Å². The van der Waals surface area contributed by atoms with Gasteiger partial charge in [-0.05, 0) is 36.3 Å². The SMILES string of the molecule is Cc1ccc(C=O)cc1NC(=O)C=Cc1cccnc1. The lowest BCUT2D eigenvalue weighted by atomic mass is 10.1. The summed E-state index contributed by atoms with van der Waals surface area (Å²) in [4.78, 5) is 26.5. The average molecular weight is 266 g/mol. The van der Waals surface area contributed by atoms with E-state index in [1.165, 1.54) is 6.08 Å². The molecule has 0 atom stereocenters. The number of pyridine rings is 1. The molecular weight excluding hydrogens is 252 g/mol. The highest BCUT2D eigenvalue weighted by Gasteiger charge is 2.03. The number of aromatic nitrogens is 1. The quantitative estimate of drug-likeness (QED) is 0.683. The van der Waals surface area contributed by atoms with Crippen LogP contribution in [0.25, 0.3) is 6.08 Å². The summed E-state index contributed by atoms with van der Waals surface area (Å²) in [6, 6.07) is 8.82. The molecule has 1 amide bonds. The first kappa shape index (κ1) is 13.7. The third kappa shape index (κ3) is 3.62. The van der Waals surface area contributed by atoms with Gasteiger partial charge in [-0.2, -0.15) is 0 Å². The van der Waals surface area contributed by atoms with Crippen molar-refractivity contribution in [2.75, 3.05) is 5.32 Å². The van der Waals surface area contributed by atoms with Gasteiger partial charge in [0.2, 0.25) is 5.91 Å². The van der Waals surface area contributed by atoms with Crippen molar-refractivity contribution in [1.82, 2.24) is 4.98 Å². The van der Waals surface area contributed by atoms with Gasteiger partial charge in [0.05, 0.1) is 0 Å². The second-order valence-electron chi connectivity index (χ2n) is 4.30. The molecule has 4 heteroatoms. The summed E-state index contributed by atoms with van der Waals surface area (Å²) >= 11 is 0. The van der Waals surface area contributed by atoms with Gasteiger partial charge in [0.1, 0.15) is 6.29 Å². The van der Waals surface area contributed by atoms with Crippen LogP contribution in [0.3, 0.4) is 0 Å². The molecular formula is C16H14N2O2. The van der Waals surface area contributed by atoms with Gasteiger partial charge < -0.3 is 5.32 Å². The Bertz CT molecular complexity index is 649. The zero-order chi connectivity index (χ0) is 14.4. The minimum Gasteiger partial charge on any atom is -0.322 e. The van der Waals surface area contributed by atoms with Crippen molar-refractivity contribution >= 4 is 24.0 Å². The maximum absolute atomic E-state index is 11.8. The molecule has 4 nitrogen and oxygen atoms in total. The lowest BCUT2D eigenvalue weighted by Crippen LogP contribution is -2.09. The van der Waals surface area contributed by atoms with Gasteiger partial charge in [-0.1, -0.05) is 18.2 Å². The molecule has 0 bridgehead atoms. The van der Waals surface area contributed by atoms with E-state index in [4.69, 9.17) is 0 Å². The largest absolute Gasteiger partial charge is 0.322 e. The van der Waals surface area contributed by atoms with Crippen LogP contribution in [-0.4, -0.2) is 17.2 Å². The number of carbonyl (C=O) groups is 2. The summed E-state index contributed by atoms with van der Waals surface area (Å²) in [6.07, 6.45) is 7.21. The molecule has 1 aromatic heterocycles. The fourth-order valence-electron chi connectivity index (χ4n) is 1.67. The molecule has 0 aliphatic carbocycles. The van der Waals surface area contributed by atoms with Crippen LogP contribution in [0, 0.1) is 6.92 Å². The summed E-state index contributed by atoms with van der Waals surface area (Å²) in [5, 5.41) is 2.75. The summed E-state index contributed by atoms with van der Waals surface area (Å²) in [5.41, 5.74) is 2.91. The van der Waals surface area contributed by atoms with Crippen molar-refractivity contribution in [1.29, 1.82) is 0 Å². The van der Waals surface area contributed by atoms with Crippen LogP contribution in [0.4, 0.5) is 5.69 Å². The maximum atomic E-state index is 11.8. The van der Waals surface area contributed by atoms with E-state index in [-0.39, 0.29) is 5.91 Å². The van der Waals surface area contributed by atoms with Gasteiger partial charge in [0.25, 0.3) is 0 Å². The van der Waals surface area contributed by atoms with E-state index in [0.29, 0.717) is 11.3 Å². The molecule has 1 N–H and O–H groups in total. The molecule has 0 fully saturated rings. The predicted molar refractivity (Wildman–Crippen MR) is 78.5 cm³/mol. The lowest BCUT2D eigenvalue weighted by molar-refractivity contribution is -0.111. The summed E-state index contributed by atoms with van der Waals surface area (Å²) in [5.74, 6) is -0.250. The number of hydrogen-bond acceptors (Lipinski definition) is 3. The van der Waals surface area contributed by atoms with Gasteiger partial charge in [0, 0.05) is 29.7 Å². The van der Waals surface area contributed by atoms with Crippen molar-refractivity contribution in [3.8, 4) is 0 Å². The van der Waals surface area contributed by atoms with E-state index in [1.807, 2.05) is 13.0 Å². The highest BCUT2D eigenvalue weighted by molar-refractivity contribution is 6.02. The molecule has 1 heterocycles. The molecule has 0 saturated carbocycles. The molecule has 0 aliphatic heterocycles. The van der Waals surface area contributed by atoms with Crippen LogP contribution in [0.15, 0.2) is 48.8 Å². The Hall–Kier alpha value is -2.75. The molecule has 0 unspecified atom stereocenters.